The van der Waals surface area contributed by atoms with E-state index in [2.05, 4.69) is 15.5 Å². The van der Waals surface area contributed by atoms with Crippen LogP contribution in [0.1, 0.15) is 36.6 Å². The Morgan fingerprint density at radius 3 is 2.88 bits per heavy atom. The third-order valence-corrected chi connectivity index (χ3v) is 4.90. The predicted molar refractivity (Wildman–Crippen MR) is 93.0 cm³/mol. The summed E-state index contributed by atoms with van der Waals surface area (Å²) in [6.45, 7) is 0. The van der Waals surface area contributed by atoms with Crippen LogP contribution in [0.3, 0.4) is 0 Å². The van der Waals surface area contributed by atoms with Crippen molar-refractivity contribution in [2.24, 2.45) is 0 Å². The molecular formula is C18H17N3O2S. The maximum atomic E-state index is 12.2. The standard InChI is InChI=1S/C18H17N3O2S/c22-15(9-6-12-4-2-1-3-5-12)19-14-10-11-24-16(14)18-20-17(21-23-18)13-7-8-13/h1-5,10-11,13H,6-9H2,(H,19,22). The molecule has 1 fully saturated rings. The zero-order valence-electron chi connectivity index (χ0n) is 13.1. The van der Waals surface area contributed by atoms with E-state index in [0.717, 1.165) is 41.2 Å². The zero-order valence-corrected chi connectivity index (χ0v) is 13.9. The second-order valence-electron chi connectivity index (χ2n) is 5.93. The van der Waals surface area contributed by atoms with Crippen molar-refractivity contribution in [1.82, 2.24) is 10.1 Å². The van der Waals surface area contributed by atoms with E-state index in [1.54, 1.807) is 0 Å². The van der Waals surface area contributed by atoms with Gasteiger partial charge in [0.25, 0.3) is 5.89 Å². The summed E-state index contributed by atoms with van der Waals surface area (Å²) in [6.07, 6.45) is 3.42. The zero-order chi connectivity index (χ0) is 16.4. The summed E-state index contributed by atoms with van der Waals surface area (Å²) >= 11 is 1.49. The first-order chi connectivity index (χ1) is 11.8. The molecule has 1 aliphatic rings. The lowest BCUT2D eigenvalue weighted by Gasteiger charge is -2.05. The van der Waals surface area contributed by atoms with Gasteiger partial charge in [0.15, 0.2) is 5.82 Å². The number of carbonyl (C=O) groups is 1. The minimum absolute atomic E-state index is 0.0135. The fourth-order valence-corrected chi connectivity index (χ4v) is 3.29. The lowest BCUT2D eigenvalue weighted by molar-refractivity contribution is -0.116. The van der Waals surface area contributed by atoms with Gasteiger partial charge in [0.2, 0.25) is 5.91 Å². The number of hydrogen-bond acceptors (Lipinski definition) is 5. The number of aryl methyl sites for hydroxylation is 1. The molecule has 1 aromatic carbocycles. The lowest BCUT2D eigenvalue weighted by atomic mass is 10.1. The van der Waals surface area contributed by atoms with Crippen LogP contribution < -0.4 is 5.32 Å². The van der Waals surface area contributed by atoms with Gasteiger partial charge in [0.05, 0.1) is 5.69 Å². The molecule has 0 unspecified atom stereocenters. The Bertz CT molecular complexity index is 837. The third-order valence-electron chi connectivity index (χ3n) is 4.00. The van der Waals surface area contributed by atoms with Gasteiger partial charge in [-0.2, -0.15) is 4.98 Å². The molecule has 0 bridgehead atoms. The second-order valence-corrected chi connectivity index (χ2v) is 6.85. The Morgan fingerprint density at radius 1 is 1.25 bits per heavy atom. The second kappa shape index (κ2) is 6.57. The summed E-state index contributed by atoms with van der Waals surface area (Å²) in [4.78, 5) is 17.5. The summed E-state index contributed by atoms with van der Waals surface area (Å²) in [7, 11) is 0. The number of aromatic nitrogens is 2. The molecule has 1 N–H and O–H groups in total. The number of carbonyl (C=O) groups excluding carboxylic acids is 1. The van der Waals surface area contributed by atoms with Gasteiger partial charge in [0.1, 0.15) is 4.88 Å². The average Bonchev–Trinajstić information content (AvgIpc) is 3.16. The van der Waals surface area contributed by atoms with Crippen LogP contribution in [0.25, 0.3) is 10.8 Å². The molecular weight excluding hydrogens is 322 g/mol. The summed E-state index contributed by atoms with van der Waals surface area (Å²) < 4.78 is 5.36. The third kappa shape index (κ3) is 3.38. The van der Waals surface area contributed by atoms with Gasteiger partial charge in [-0.25, -0.2) is 0 Å². The molecule has 0 atom stereocenters. The maximum absolute atomic E-state index is 12.2. The average molecular weight is 339 g/mol. The summed E-state index contributed by atoms with van der Waals surface area (Å²) in [5, 5.41) is 8.92. The Balaban J connectivity index is 1.41. The minimum Gasteiger partial charge on any atom is -0.333 e. The summed E-state index contributed by atoms with van der Waals surface area (Å²) in [5.41, 5.74) is 1.90. The van der Waals surface area contributed by atoms with E-state index in [1.807, 2.05) is 41.8 Å². The maximum Gasteiger partial charge on any atom is 0.270 e. The lowest BCUT2D eigenvalue weighted by Crippen LogP contribution is -2.12. The van der Waals surface area contributed by atoms with Gasteiger partial charge in [-0.1, -0.05) is 35.5 Å². The molecule has 4 rings (SSSR count). The first kappa shape index (κ1) is 15.1. The van der Waals surface area contributed by atoms with Gasteiger partial charge >= 0.3 is 0 Å². The van der Waals surface area contributed by atoms with Crippen LogP contribution in [0.2, 0.25) is 0 Å². The topological polar surface area (TPSA) is 68.0 Å². The predicted octanol–water partition coefficient (Wildman–Crippen LogP) is 4.25. The Morgan fingerprint density at radius 2 is 2.08 bits per heavy atom. The van der Waals surface area contributed by atoms with Crippen LogP contribution >= 0.6 is 11.3 Å². The van der Waals surface area contributed by atoms with E-state index < -0.39 is 0 Å². The van der Waals surface area contributed by atoms with Gasteiger partial charge < -0.3 is 9.84 Å². The van der Waals surface area contributed by atoms with Crippen LogP contribution in [-0.4, -0.2) is 16.0 Å². The molecule has 0 spiro atoms. The quantitative estimate of drug-likeness (QED) is 0.729. The highest BCUT2D eigenvalue weighted by Gasteiger charge is 2.29. The smallest absolute Gasteiger partial charge is 0.270 e. The van der Waals surface area contributed by atoms with Crippen LogP contribution in [0.5, 0.6) is 0 Å². The van der Waals surface area contributed by atoms with Gasteiger partial charge in [0, 0.05) is 12.3 Å². The first-order valence-electron chi connectivity index (χ1n) is 8.05. The summed E-state index contributed by atoms with van der Waals surface area (Å²) in [5.74, 6) is 1.71. The number of anilines is 1. The van der Waals surface area contributed by atoms with E-state index >= 15 is 0 Å². The van der Waals surface area contributed by atoms with Crippen molar-refractivity contribution in [3.63, 3.8) is 0 Å². The van der Waals surface area contributed by atoms with Crippen molar-refractivity contribution in [3.8, 4) is 10.8 Å². The number of hydrogen-bond donors (Lipinski definition) is 1. The number of nitrogens with zero attached hydrogens (tertiary/aromatic N) is 2. The molecule has 0 saturated heterocycles. The van der Waals surface area contributed by atoms with Crippen molar-refractivity contribution in [3.05, 3.63) is 53.2 Å². The Labute approximate surface area is 143 Å². The van der Waals surface area contributed by atoms with Gasteiger partial charge in [-0.3, -0.25) is 4.79 Å². The molecule has 6 heteroatoms. The molecule has 5 nitrogen and oxygen atoms in total. The molecule has 3 aromatic rings. The molecule has 1 aliphatic carbocycles. The number of amides is 1. The van der Waals surface area contributed by atoms with Gasteiger partial charge in [-0.15, -0.1) is 11.3 Å². The van der Waals surface area contributed by atoms with Crippen molar-refractivity contribution in [2.45, 2.75) is 31.6 Å². The fraction of sp³-hybridized carbons (Fsp3) is 0.278. The van der Waals surface area contributed by atoms with E-state index in [0.29, 0.717) is 18.2 Å². The van der Waals surface area contributed by atoms with Crippen LogP contribution in [0.15, 0.2) is 46.3 Å². The Hall–Kier alpha value is -2.47. The van der Waals surface area contributed by atoms with E-state index in [9.17, 15) is 4.79 Å². The minimum atomic E-state index is -0.0135. The molecule has 1 amide bonds. The van der Waals surface area contributed by atoms with Crippen LogP contribution in [-0.2, 0) is 11.2 Å². The van der Waals surface area contributed by atoms with E-state index in [1.165, 1.54) is 11.3 Å². The summed E-state index contributed by atoms with van der Waals surface area (Å²) in [6, 6.07) is 11.9. The normalized spacial score (nSPS) is 13.8. The highest BCUT2D eigenvalue weighted by atomic mass is 32.1. The van der Waals surface area contributed by atoms with Gasteiger partial charge in [-0.05, 0) is 36.3 Å². The first-order valence-corrected chi connectivity index (χ1v) is 8.93. The number of benzene rings is 1. The Kier molecular flexibility index (Phi) is 4.13. The molecule has 2 heterocycles. The monoisotopic (exact) mass is 339 g/mol. The highest BCUT2D eigenvalue weighted by Crippen LogP contribution is 2.40. The molecule has 2 aromatic heterocycles. The van der Waals surface area contributed by atoms with Crippen molar-refractivity contribution in [1.29, 1.82) is 0 Å². The fourth-order valence-electron chi connectivity index (χ4n) is 2.52. The van der Waals surface area contributed by atoms with Crippen LogP contribution in [0, 0.1) is 0 Å². The van der Waals surface area contributed by atoms with Crippen molar-refractivity contribution < 1.29 is 9.32 Å². The molecule has 24 heavy (non-hydrogen) atoms. The highest BCUT2D eigenvalue weighted by molar-refractivity contribution is 7.14. The van der Waals surface area contributed by atoms with Crippen molar-refractivity contribution in [2.75, 3.05) is 5.32 Å². The SMILES string of the molecule is O=C(CCc1ccccc1)Nc1ccsc1-c1nc(C2CC2)no1. The molecule has 122 valence electrons. The molecule has 1 saturated carbocycles. The van der Waals surface area contributed by atoms with Crippen molar-refractivity contribution >= 4 is 22.9 Å². The number of thiophene rings is 1. The van der Waals surface area contributed by atoms with E-state index in [-0.39, 0.29) is 5.91 Å². The number of rotatable bonds is 6. The molecule has 0 aliphatic heterocycles. The molecule has 0 radical (unpaired) electrons. The largest absolute Gasteiger partial charge is 0.333 e. The van der Waals surface area contributed by atoms with E-state index in [4.69, 9.17) is 4.52 Å². The van der Waals surface area contributed by atoms with Crippen LogP contribution in [0.4, 0.5) is 5.69 Å². The number of nitrogens with one attached hydrogen (secondary N) is 1.